The fraction of sp³-hybridized carbons (Fsp3) is 0.455. The van der Waals surface area contributed by atoms with Crippen molar-refractivity contribution < 1.29 is 13.2 Å². The molecule has 0 bridgehead atoms. The van der Waals surface area contributed by atoms with Crippen LogP contribution in [0, 0.1) is 0 Å². The standard InChI is InChI=1S/C11H13ClN2O4S/c1-14-3-2-7(4-10(14)15)11(16)13-9-6-19(17,18)5-8(9)12/h2-4,8-9H,5-6H2,1H3,(H,13,16). The van der Waals surface area contributed by atoms with Crippen molar-refractivity contribution in [1.82, 2.24) is 9.88 Å². The number of carbonyl (C=O) groups is 1. The highest BCUT2D eigenvalue weighted by atomic mass is 35.5. The summed E-state index contributed by atoms with van der Waals surface area (Å²) in [5.74, 6) is -0.807. The van der Waals surface area contributed by atoms with Crippen LogP contribution in [0.15, 0.2) is 23.1 Å². The number of halogens is 1. The number of nitrogens with zero attached hydrogens (tertiary/aromatic N) is 1. The number of aryl methyl sites for hydroxylation is 1. The van der Waals surface area contributed by atoms with Crippen LogP contribution in [-0.2, 0) is 16.9 Å². The third-order valence-corrected chi connectivity index (χ3v) is 5.34. The number of aromatic nitrogens is 1. The van der Waals surface area contributed by atoms with Gasteiger partial charge in [0.15, 0.2) is 9.84 Å². The van der Waals surface area contributed by atoms with E-state index in [1.54, 1.807) is 7.05 Å². The summed E-state index contributed by atoms with van der Waals surface area (Å²) in [6.07, 6.45) is 1.47. The second-order valence-electron chi connectivity index (χ2n) is 4.54. The van der Waals surface area contributed by atoms with Crippen molar-refractivity contribution in [3.63, 3.8) is 0 Å². The summed E-state index contributed by atoms with van der Waals surface area (Å²) < 4.78 is 24.1. The lowest BCUT2D eigenvalue weighted by Crippen LogP contribution is -2.41. The molecular formula is C11H13ClN2O4S. The quantitative estimate of drug-likeness (QED) is 0.748. The van der Waals surface area contributed by atoms with Crippen molar-refractivity contribution >= 4 is 27.3 Å². The summed E-state index contributed by atoms with van der Waals surface area (Å²) in [4.78, 5) is 23.3. The maximum absolute atomic E-state index is 11.9. The zero-order valence-electron chi connectivity index (χ0n) is 10.2. The first kappa shape index (κ1) is 14.1. The second kappa shape index (κ2) is 4.97. The van der Waals surface area contributed by atoms with Crippen molar-refractivity contribution in [2.75, 3.05) is 11.5 Å². The van der Waals surface area contributed by atoms with Crippen LogP contribution in [0.25, 0.3) is 0 Å². The Morgan fingerprint density at radius 2 is 2.16 bits per heavy atom. The van der Waals surface area contributed by atoms with E-state index < -0.39 is 27.2 Å². The molecular weight excluding hydrogens is 292 g/mol. The van der Waals surface area contributed by atoms with Crippen LogP contribution in [0.4, 0.5) is 0 Å². The first-order chi connectivity index (χ1) is 8.78. The number of carbonyl (C=O) groups excluding carboxylic acids is 1. The molecule has 1 N–H and O–H groups in total. The van der Waals surface area contributed by atoms with Gasteiger partial charge in [-0.05, 0) is 6.07 Å². The van der Waals surface area contributed by atoms with Gasteiger partial charge in [-0.25, -0.2) is 8.42 Å². The van der Waals surface area contributed by atoms with Crippen LogP contribution in [0.3, 0.4) is 0 Å². The lowest BCUT2D eigenvalue weighted by atomic mass is 10.2. The van der Waals surface area contributed by atoms with Gasteiger partial charge in [0.1, 0.15) is 0 Å². The molecule has 2 unspecified atom stereocenters. The van der Waals surface area contributed by atoms with E-state index in [9.17, 15) is 18.0 Å². The molecule has 1 aliphatic heterocycles. The molecule has 1 saturated heterocycles. The lowest BCUT2D eigenvalue weighted by molar-refractivity contribution is 0.0941. The second-order valence-corrected chi connectivity index (χ2v) is 7.25. The average molecular weight is 305 g/mol. The zero-order chi connectivity index (χ0) is 14.2. The van der Waals surface area contributed by atoms with Crippen molar-refractivity contribution in [3.05, 3.63) is 34.2 Å². The molecule has 2 rings (SSSR count). The fourth-order valence-corrected chi connectivity index (χ4v) is 4.43. The molecule has 0 aliphatic carbocycles. The van der Waals surface area contributed by atoms with Crippen molar-refractivity contribution in [2.45, 2.75) is 11.4 Å². The summed E-state index contributed by atoms with van der Waals surface area (Å²) in [7, 11) is -1.63. The molecule has 2 atom stereocenters. The molecule has 1 aromatic heterocycles. The van der Waals surface area contributed by atoms with E-state index in [1.807, 2.05) is 0 Å². The number of rotatable bonds is 2. The van der Waals surface area contributed by atoms with E-state index in [2.05, 4.69) is 5.32 Å². The molecule has 0 spiro atoms. The highest BCUT2D eigenvalue weighted by Crippen LogP contribution is 2.18. The number of amides is 1. The Kier molecular flexibility index (Phi) is 3.69. The van der Waals surface area contributed by atoms with Crippen molar-refractivity contribution in [3.8, 4) is 0 Å². The molecule has 1 fully saturated rings. The third-order valence-electron chi connectivity index (χ3n) is 2.97. The minimum absolute atomic E-state index is 0.143. The Bertz CT molecular complexity index is 668. The third kappa shape index (κ3) is 3.16. The Morgan fingerprint density at radius 1 is 1.47 bits per heavy atom. The molecule has 2 heterocycles. The lowest BCUT2D eigenvalue weighted by Gasteiger charge is -2.14. The maximum Gasteiger partial charge on any atom is 0.251 e. The van der Waals surface area contributed by atoms with Gasteiger partial charge in [0.2, 0.25) is 0 Å². The summed E-state index contributed by atoms with van der Waals surface area (Å²) >= 11 is 5.89. The number of sulfone groups is 1. The van der Waals surface area contributed by atoms with Gasteiger partial charge in [-0.2, -0.15) is 0 Å². The molecule has 1 amide bonds. The van der Waals surface area contributed by atoms with Crippen molar-refractivity contribution in [1.29, 1.82) is 0 Å². The van der Waals surface area contributed by atoms with Crippen LogP contribution < -0.4 is 10.9 Å². The molecule has 0 aromatic carbocycles. The van der Waals surface area contributed by atoms with E-state index in [-0.39, 0.29) is 22.6 Å². The molecule has 8 heteroatoms. The van der Waals surface area contributed by atoms with E-state index in [1.165, 1.54) is 22.9 Å². The molecule has 1 aromatic rings. The van der Waals surface area contributed by atoms with Gasteiger partial charge in [-0.3, -0.25) is 9.59 Å². The van der Waals surface area contributed by atoms with Crippen LogP contribution in [-0.4, -0.2) is 41.8 Å². The minimum Gasteiger partial charge on any atom is -0.347 e. The number of hydrogen-bond donors (Lipinski definition) is 1. The maximum atomic E-state index is 11.9. The molecule has 0 saturated carbocycles. The number of nitrogens with one attached hydrogen (secondary N) is 1. The highest BCUT2D eigenvalue weighted by molar-refractivity contribution is 7.91. The largest absolute Gasteiger partial charge is 0.347 e. The minimum atomic E-state index is -3.20. The van der Waals surface area contributed by atoms with Crippen LogP contribution in [0.5, 0.6) is 0 Å². The smallest absolute Gasteiger partial charge is 0.251 e. The summed E-state index contributed by atoms with van der Waals surface area (Å²) in [5.41, 5.74) is -0.120. The Labute approximate surface area is 115 Å². The predicted molar refractivity (Wildman–Crippen MR) is 71.2 cm³/mol. The number of pyridine rings is 1. The number of hydrogen-bond acceptors (Lipinski definition) is 4. The monoisotopic (exact) mass is 304 g/mol. The molecule has 6 nitrogen and oxygen atoms in total. The summed E-state index contributed by atoms with van der Waals surface area (Å²) in [5, 5.41) is 1.91. The summed E-state index contributed by atoms with van der Waals surface area (Å²) in [6, 6.07) is 2.06. The first-order valence-electron chi connectivity index (χ1n) is 5.60. The Hall–Kier alpha value is -1.34. The van der Waals surface area contributed by atoms with Gasteiger partial charge in [0, 0.05) is 24.9 Å². The van der Waals surface area contributed by atoms with Gasteiger partial charge in [0.05, 0.1) is 22.9 Å². The van der Waals surface area contributed by atoms with E-state index in [0.717, 1.165) is 0 Å². The Morgan fingerprint density at radius 3 is 2.68 bits per heavy atom. The molecule has 19 heavy (non-hydrogen) atoms. The van der Waals surface area contributed by atoms with Gasteiger partial charge in [-0.1, -0.05) is 0 Å². The van der Waals surface area contributed by atoms with Crippen LogP contribution >= 0.6 is 11.6 Å². The normalized spacial score (nSPS) is 25.2. The van der Waals surface area contributed by atoms with Gasteiger partial charge < -0.3 is 9.88 Å². The van der Waals surface area contributed by atoms with Crippen LogP contribution in [0.1, 0.15) is 10.4 Å². The van der Waals surface area contributed by atoms with Gasteiger partial charge in [0.25, 0.3) is 11.5 Å². The first-order valence-corrected chi connectivity index (χ1v) is 7.86. The molecule has 104 valence electrons. The van der Waals surface area contributed by atoms with E-state index in [4.69, 9.17) is 11.6 Å². The summed E-state index contributed by atoms with van der Waals surface area (Å²) in [6.45, 7) is 0. The van der Waals surface area contributed by atoms with Crippen molar-refractivity contribution in [2.24, 2.45) is 7.05 Å². The average Bonchev–Trinajstić information content (AvgIpc) is 2.55. The molecule has 1 aliphatic rings. The van der Waals surface area contributed by atoms with Gasteiger partial charge in [-0.15, -0.1) is 11.6 Å². The zero-order valence-corrected chi connectivity index (χ0v) is 11.7. The van der Waals surface area contributed by atoms with E-state index >= 15 is 0 Å². The van der Waals surface area contributed by atoms with Crippen LogP contribution in [0.2, 0.25) is 0 Å². The SMILES string of the molecule is Cn1ccc(C(=O)NC2CS(=O)(=O)CC2Cl)cc1=O. The fourth-order valence-electron chi connectivity index (χ4n) is 1.88. The predicted octanol–water partition coefficient (Wildman–Crippen LogP) is -0.480. The number of alkyl halides is 1. The Balaban J connectivity index is 2.14. The molecule has 0 radical (unpaired) electrons. The topological polar surface area (TPSA) is 85.2 Å². The van der Waals surface area contributed by atoms with Gasteiger partial charge >= 0.3 is 0 Å². The highest BCUT2D eigenvalue weighted by Gasteiger charge is 2.37. The van der Waals surface area contributed by atoms with E-state index in [0.29, 0.717) is 0 Å².